The number of nitrogen functional groups attached to an aromatic ring is 2. The Morgan fingerprint density at radius 3 is 2.52 bits per heavy atom. The summed E-state index contributed by atoms with van der Waals surface area (Å²) in [6, 6.07) is 12.3. The number of fused-ring (bicyclic) bond motifs is 1. The van der Waals surface area contributed by atoms with Crippen molar-refractivity contribution in [3.8, 4) is 0 Å². The fourth-order valence-electron chi connectivity index (χ4n) is 2.10. The summed E-state index contributed by atoms with van der Waals surface area (Å²) in [4.78, 5) is 4.12. The second kappa shape index (κ2) is 6.02. The second-order valence-corrected chi connectivity index (χ2v) is 5.32. The summed E-state index contributed by atoms with van der Waals surface area (Å²) in [5.41, 5.74) is 13.0. The average Bonchev–Trinajstić information content (AvgIpc) is 2.54. The first-order valence-corrected chi connectivity index (χ1v) is 7.12. The first kappa shape index (κ1) is 14.9. The summed E-state index contributed by atoms with van der Waals surface area (Å²) in [5.74, 6) is 0.287. The van der Waals surface area contributed by atoms with E-state index in [1.807, 2.05) is 6.07 Å². The third-order valence-electron chi connectivity index (χ3n) is 3.30. The smallest absolute Gasteiger partial charge is 0.151 e. The Balaban J connectivity index is 2.01. The van der Waals surface area contributed by atoms with Gasteiger partial charge in [-0.2, -0.15) is 5.11 Å². The fraction of sp³-hybridized carbons (Fsp3) is 0. The third-order valence-corrected chi connectivity index (χ3v) is 3.53. The zero-order chi connectivity index (χ0) is 16.4. The van der Waals surface area contributed by atoms with Gasteiger partial charge in [-0.25, -0.2) is 4.98 Å². The van der Waals surface area contributed by atoms with Gasteiger partial charge in [-0.15, -0.1) is 5.11 Å². The Hall–Kier alpha value is -2.99. The number of benzene rings is 2. The maximum absolute atomic E-state index is 7.37. The third kappa shape index (κ3) is 3.12. The van der Waals surface area contributed by atoms with Crippen LogP contribution in [0.2, 0.25) is 5.02 Å². The van der Waals surface area contributed by atoms with Crippen LogP contribution in [-0.4, -0.2) is 10.8 Å². The molecule has 0 saturated heterocycles. The molecular weight excluding hydrogens is 312 g/mol. The van der Waals surface area contributed by atoms with Gasteiger partial charge >= 0.3 is 0 Å². The number of hydrogen-bond donors (Lipinski definition) is 3. The average molecular weight is 325 g/mol. The van der Waals surface area contributed by atoms with Crippen molar-refractivity contribution in [1.82, 2.24) is 4.98 Å². The monoisotopic (exact) mass is 324 g/mol. The Labute approximate surface area is 137 Å². The van der Waals surface area contributed by atoms with Gasteiger partial charge in [0.2, 0.25) is 0 Å². The molecule has 0 bridgehead atoms. The van der Waals surface area contributed by atoms with Crippen LogP contribution in [0.4, 0.5) is 17.2 Å². The number of pyridine rings is 1. The molecule has 0 saturated carbocycles. The van der Waals surface area contributed by atoms with Gasteiger partial charge in [-0.1, -0.05) is 17.7 Å². The van der Waals surface area contributed by atoms with Crippen molar-refractivity contribution in [1.29, 1.82) is 5.41 Å². The zero-order valence-electron chi connectivity index (χ0n) is 12.0. The minimum atomic E-state index is 0.00521. The van der Waals surface area contributed by atoms with E-state index in [1.165, 1.54) is 0 Å². The van der Waals surface area contributed by atoms with Crippen LogP contribution in [0, 0.1) is 5.41 Å². The van der Waals surface area contributed by atoms with Crippen LogP contribution in [-0.2, 0) is 0 Å². The number of nitrogens with two attached hydrogens (primary N) is 2. The quantitative estimate of drug-likeness (QED) is 0.381. The predicted octanol–water partition coefficient (Wildman–Crippen LogP) is 4.17. The van der Waals surface area contributed by atoms with E-state index in [4.69, 9.17) is 28.5 Å². The number of nitrogens with zero attached hydrogens (tertiary/aromatic N) is 3. The maximum Gasteiger partial charge on any atom is 0.151 e. The van der Waals surface area contributed by atoms with Crippen molar-refractivity contribution >= 4 is 45.4 Å². The SMILES string of the molecule is N=C(N)c1ccc(N=Nc2c(N)ncc3ccc(Cl)cc23)cc1. The molecular formula is C16H13ClN6. The van der Waals surface area contributed by atoms with Crippen LogP contribution in [0.5, 0.6) is 0 Å². The lowest BCUT2D eigenvalue weighted by Crippen LogP contribution is -2.10. The summed E-state index contributed by atoms with van der Waals surface area (Å²) in [6.07, 6.45) is 1.67. The number of halogens is 1. The number of anilines is 1. The van der Waals surface area contributed by atoms with Gasteiger partial charge in [0.05, 0.1) is 5.69 Å². The summed E-state index contributed by atoms with van der Waals surface area (Å²) >= 11 is 6.04. The molecule has 0 amide bonds. The van der Waals surface area contributed by atoms with E-state index in [0.717, 1.165) is 10.8 Å². The van der Waals surface area contributed by atoms with E-state index in [9.17, 15) is 0 Å². The Bertz CT molecular complexity index is 913. The summed E-state index contributed by atoms with van der Waals surface area (Å²) in [7, 11) is 0. The second-order valence-electron chi connectivity index (χ2n) is 4.88. The molecule has 3 rings (SSSR count). The van der Waals surface area contributed by atoms with Gasteiger partial charge in [-0.3, -0.25) is 5.41 Å². The van der Waals surface area contributed by atoms with Crippen LogP contribution >= 0.6 is 11.6 Å². The number of nitrogens with one attached hydrogen (secondary N) is 1. The highest BCUT2D eigenvalue weighted by Gasteiger charge is 2.07. The van der Waals surface area contributed by atoms with Crippen molar-refractivity contribution < 1.29 is 0 Å². The van der Waals surface area contributed by atoms with Crippen molar-refractivity contribution in [3.63, 3.8) is 0 Å². The van der Waals surface area contributed by atoms with E-state index in [2.05, 4.69) is 15.2 Å². The van der Waals surface area contributed by atoms with E-state index >= 15 is 0 Å². The molecule has 0 aliphatic rings. The lowest BCUT2D eigenvalue weighted by atomic mass is 10.1. The first-order chi connectivity index (χ1) is 11.0. The summed E-state index contributed by atoms with van der Waals surface area (Å²) in [6.45, 7) is 0. The van der Waals surface area contributed by atoms with Gasteiger partial charge in [0, 0.05) is 27.6 Å². The number of amidine groups is 1. The largest absolute Gasteiger partial charge is 0.384 e. The highest BCUT2D eigenvalue weighted by atomic mass is 35.5. The van der Waals surface area contributed by atoms with Crippen LogP contribution in [0.15, 0.2) is 58.9 Å². The maximum atomic E-state index is 7.37. The first-order valence-electron chi connectivity index (χ1n) is 6.74. The molecule has 0 atom stereocenters. The summed E-state index contributed by atoms with van der Waals surface area (Å²) in [5, 5.41) is 18.0. The van der Waals surface area contributed by atoms with Crippen LogP contribution in [0.3, 0.4) is 0 Å². The Morgan fingerprint density at radius 2 is 1.83 bits per heavy atom. The molecule has 7 heteroatoms. The van der Waals surface area contributed by atoms with Crippen molar-refractivity contribution in [2.24, 2.45) is 16.0 Å². The highest BCUT2D eigenvalue weighted by Crippen LogP contribution is 2.33. The van der Waals surface area contributed by atoms with E-state index < -0.39 is 0 Å². The molecule has 0 aliphatic carbocycles. The molecule has 2 aromatic carbocycles. The minimum absolute atomic E-state index is 0.00521. The zero-order valence-corrected chi connectivity index (χ0v) is 12.7. The molecule has 1 aromatic heterocycles. The molecule has 0 fully saturated rings. The molecule has 23 heavy (non-hydrogen) atoms. The van der Waals surface area contributed by atoms with Gasteiger partial charge in [0.15, 0.2) is 5.82 Å². The fourth-order valence-corrected chi connectivity index (χ4v) is 2.28. The number of azo groups is 1. The van der Waals surface area contributed by atoms with Crippen molar-refractivity contribution in [2.75, 3.05) is 5.73 Å². The van der Waals surface area contributed by atoms with Crippen molar-refractivity contribution in [3.05, 3.63) is 59.2 Å². The topological polar surface area (TPSA) is 114 Å². The van der Waals surface area contributed by atoms with E-state index in [0.29, 0.717) is 22.0 Å². The standard InChI is InChI=1S/C16H13ClN6/c17-11-4-1-10-8-21-16(20)14(13(10)7-11)23-22-12-5-2-9(3-6-12)15(18)19/h1-8H,(H3,18,19)(H2,20,21). The molecule has 0 aliphatic heterocycles. The molecule has 3 aromatic rings. The normalized spacial score (nSPS) is 11.2. The summed E-state index contributed by atoms with van der Waals surface area (Å²) < 4.78 is 0. The Kier molecular flexibility index (Phi) is 3.91. The molecule has 114 valence electrons. The van der Waals surface area contributed by atoms with E-state index in [1.54, 1.807) is 42.6 Å². The van der Waals surface area contributed by atoms with Gasteiger partial charge in [0.1, 0.15) is 11.5 Å². The highest BCUT2D eigenvalue weighted by molar-refractivity contribution is 6.31. The molecule has 0 radical (unpaired) electrons. The molecule has 0 spiro atoms. The molecule has 5 N–H and O–H groups in total. The van der Waals surface area contributed by atoms with Gasteiger partial charge in [0.25, 0.3) is 0 Å². The number of aromatic nitrogens is 1. The van der Waals surface area contributed by atoms with E-state index in [-0.39, 0.29) is 11.7 Å². The lowest BCUT2D eigenvalue weighted by molar-refractivity contribution is 1.22. The molecule has 0 unspecified atom stereocenters. The lowest BCUT2D eigenvalue weighted by Gasteiger charge is -2.04. The van der Waals surface area contributed by atoms with Gasteiger partial charge in [-0.05, 0) is 36.4 Å². The number of hydrogen-bond acceptors (Lipinski definition) is 5. The molecule has 1 heterocycles. The van der Waals surface area contributed by atoms with Crippen LogP contribution < -0.4 is 11.5 Å². The minimum Gasteiger partial charge on any atom is -0.384 e. The van der Waals surface area contributed by atoms with Gasteiger partial charge < -0.3 is 11.5 Å². The molecule has 6 nitrogen and oxygen atoms in total. The Morgan fingerprint density at radius 1 is 1.09 bits per heavy atom. The predicted molar refractivity (Wildman–Crippen MR) is 92.8 cm³/mol. The van der Waals surface area contributed by atoms with Crippen LogP contribution in [0.25, 0.3) is 10.8 Å². The van der Waals surface area contributed by atoms with Crippen molar-refractivity contribution in [2.45, 2.75) is 0 Å². The number of rotatable bonds is 3. The van der Waals surface area contributed by atoms with Crippen LogP contribution in [0.1, 0.15) is 5.56 Å².